The molecule has 4 rings (SSSR count). The quantitative estimate of drug-likeness (QED) is 0.666. The van der Waals surface area contributed by atoms with Gasteiger partial charge in [0.1, 0.15) is 6.54 Å². The van der Waals surface area contributed by atoms with Gasteiger partial charge in [-0.3, -0.25) is 9.59 Å². The lowest BCUT2D eigenvalue weighted by Crippen LogP contribution is -2.42. The second kappa shape index (κ2) is 9.64. The van der Waals surface area contributed by atoms with Crippen molar-refractivity contribution in [1.29, 1.82) is 0 Å². The Kier molecular flexibility index (Phi) is 6.88. The van der Waals surface area contributed by atoms with E-state index in [-0.39, 0.29) is 29.7 Å². The summed E-state index contributed by atoms with van der Waals surface area (Å²) in [5.74, 6) is 0.161. The Morgan fingerprint density at radius 3 is 2.50 bits per heavy atom. The summed E-state index contributed by atoms with van der Waals surface area (Å²) in [6.45, 7) is 0.874. The van der Waals surface area contributed by atoms with Crippen LogP contribution < -0.4 is 9.80 Å². The maximum absolute atomic E-state index is 13.2. The van der Waals surface area contributed by atoms with Crippen LogP contribution in [0, 0.1) is 0 Å². The summed E-state index contributed by atoms with van der Waals surface area (Å²) in [6.07, 6.45) is 3.03. The number of piperidine rings is 1. The third-order valence-electron chi connectivity index (χ3n) is 5.86. The Morgan fingerprint density at radius 2 is 1.78 bits per heavy atom. The summed E-state index contributed by atoms with van der Waals surface area (Å²) in [5.41, 5.74) is 1.22. The predicted octanol–water partition coefficient (Wildman–Crippen LogP) is 3.35. The number of rotatable bonds is 5. The van der Waals surface area contributed by atoms with Gasteiger partial charge in [0.15, 0.2) is 0 Å². The summed E-state index contributed by atoms with van der Waals surface area (Å²) in [7, 11) is -1.97. The average molecular weight is 474 g/mol. The van der Waals surface area contributed by atoms with Gasteiger partial charge in [-0.1, -0.05) is 24.6 Å². The van der Waals surface area contributed by atoms with Crippen molar-refractivity contribution >= 4 is 45.0 Å². The van der Waals surface area contributed by atoms with E-state index in [0.717, 1.165) is 29.8 Å². The number of para-hydroxylation sites is 1. The third kappa shape index (κ3) is 4.69. The maximum atomic E-state index is 13.2. The van der Waals surface area contributed by atoms with Crippen molar-refractivity contribution in [3.05, 3.63) is 48.5 Å². The van der Waals surface area contributed by atoms with E-state index in [1.165, 1.54) is 25.9 Å². The Bertz CT molecular complexity index is 1100. The highest BCUT2D eigenvalue weighted by Crippen LogP contribution is 2.37. The lowest BCUT2D eigenvalue weighted by atomic mass is 10.2. The monoisotopic (exact) mass is 473 g/mol. The number of hydrogen-bond acceptors (Lipinski definition) is 5. The van der Waals surface area contributed by atoms with E-state index in [2.05, 4.69) is 0 Å². The lowest BCUT2D eigenvalue weighted by molar-refractivity contribution is -0.122. The highest BCUT2D eigenvalue weighted by molar-refractivity contribution is 7.99. The fourth-order valence-electron chi connectivity index (χ4n) is 3.97. The van der Waals surface area contributed by atoms with Crippen LogP contribution in [0.3, 0.4) is 0 Å². The van der Waals surface area contributed by atoms with Crippen LogP contribution in [-0.4, -0.2) is 57.0 Å². The van der Waals surface area contributed by atoms with Crippen LogP contribution in [-0.2, 0) is 19.6 Å². The largest absolute Gasteiger partial charge is 0.314 e. The first-order chi connectivity index (χ1) is 15.4. The van der Waals surface area contributed by atoms with Gasteiger partial charge >= 0.3 is 0 Å². The molecule has 0 N–H and O–H groups in total. The van der Waals surface area contributed by atoms with Gasteiger partial charge in [0.05, 0.1) is 10.6 Å². The molecule has 2 amide bonds. The maximum Gasteiger partial charge on any atom is 0.246 e. The second-order valence-electron chi connectivity index (χ2n) is 7.96. The van der Waals surface area contributed by atoms with Crippen LogP contribution in [0.25, 0.3) is 0 Å². The minimum atomic E-state index is -3.65. The van der Waals surface area contributed by atoms with E-state index in [9.17, 15) is 18.0 Å². The first-order valence-corrected chi connectivity index (χ1v) is 13.2. The number of nitrogens with zero attached hydrogens (tertiary/aromatic N) is 3. The molecule has 0 radical (unpaired) electrons. The van der Waals surface area contributed by atoms with E-state index < -0.39 is 10.0 Å². The molecule has 2 aliphatic rings. The first-order valence-electron chi connectivity index (χ1n) is 10.8. The van der Waals surface area contributed by atoms with Crippen molar-refractivity contribution < 1.29 is 18.0 Å². The molecule has 0 unspecified atom stereocenters. The summed E-state index contributed by atoms with van der Waals surface area (Å²) >= 11 is 1.51. The topological polar surface area (TPSA) is 78.0 Å². The number of carbonyl (C=O) groups excluding carboxylic acids is 2. The summed E-state index contributed by atoms with van der Waals surface area (Å²) in [6, 6.07) is 14.2. The van der Waals surface area contributed by atoms with Crippen molar-refractivity contribution in [1.82, 2.24) is 4.31 Å². The van der Waals surface area contributed by atoms with Gasteiger partial charge in [0, 0.05) is 42.9 Å². The number of sulfonamides is 1. The minimum absolute atomic E-state index is 0.148. The Morgan fingerprint density at radius 1 is 1.06 bits per heavy atom. The normalized spacial score (nSPS) is 17.5. The standard InChI is InChI=1S/C23H27N3O4S2/c1-24(18-8-4-2-5-9-18)23(28)17-26-20-16-19(10-11-21(20)31-15-12-22(26)27)32(29,30)25-13-6-3-7-14-25/h2,4-5,8-11,16H,3,6-7,12-15,17H2,1H3. The molecule has 1 fully saturated rings. The number of hydrogen-bond donors (Lipinski definition) is 0. The molecule has 0 atom stereocenters. The number of anilines is 2. The zero-order valence-electron chi connectivity index (χ0n) is 18.1. The van der Waals surface area contributed by atoms with Crippen LogP contribution in [0.2, 0.25) is 0 Å². The molecule has 32 heavy (non-hydrogen) atoms. The fraction of sp³-hybridized carbons (Fsp3) is 0.391. The highest BCUT2D eigenvalue weighted by atomic mass is 32.2. The van der Waals surface area contributed by atoms with Crippen molar-refractivity contribution in [3.63, 3.8) is 0 Å². The Hall–Kier alpha value is -2.36. The molecule has 0 aliphatic carbocycles. The highest BCUT2D eigenvalue weighted by Gasteiger charge is 2.30. The van der Waals surface area contributed by atoms with Crippen molar-refractivity contribution in [3.8, 4) is 0 Å². The smallest absolute Gasteiger partial charge is 0.246 e. The SMILES string of the molecule is CN(C(=O)CN1C(=O)CCSc2ccc(S(=O)(=O)N3CCCCC3)cc21)c1ccccc1. The van der Waals surface area contributed by atoms with E-state index in [0.29, 0.717) is 24.5 Å². The zero-order valence-corrected chi connectivity index (χ0v) is 19.7. The molecule has 9 heteroatoms. The van der Waals surface area contributed by atoms with E-state index in [1.54, 1.807) is 25.2 Å². The number of benzene rings is 2. The molecule has 0 aromatic heterocycles. The first kappa shape index (κ1) is 22.8. The molecule has 170 valence electrons. The van der Waals surface area contributed by atoms with Gasteiger partial charge in [0.2, 0.25) is 21.8 Å². The summed E-state index contributed by atoms with van der Waals surface area (Å²) in [4.78, 5) is 29.9. The van der Waals surface area contributed by atoms with E-state index in [4.69, 9.17) is 0 Å². The van der Waals surface area contributed by atoms with Crippen molar-refractivity contribution in [2.45, 2.75) is 35.5 Å². The van der Waals surface area contributed by atoms with E-state index in [1.807, 2.05) is 30.3 Å². The Balaban J connectivity index is 1.65. The number of likely N-dealkylation sites (N-methyl/N-ethyl adjacent to an activating group) is 1. The van der Waals surface area contributed by atoms with E-state index >= 15 is 0 Å². The fourth-order valence-corrected chi connectivity index (χ4v) is 6.49. The van der Waals surface area contributed by atoms with Gasteiger partial charge in [-0.2, -0.15) is 4.31 Å². The van der Waals surface area contributed by atoms with Gasteiger partial charge in [-0.25, -0.2) is 8.42 Å². The Labute approximate surface area is 193 Å². The molecule has 1 saturated heterocycles. The van der Waals surface area contributed by atoms with Gasteiger partial charge in [-0.15, -0.1) is 11.8 Å². The van der Waals surface area contributed by atoms with Crippen LogP contribution >= 0.6 is 11.8 Å². The minimum Gasteiger partial charge on any atom is -0.314 e. The van der Waals surface area contributed by atoms with Gasteiger partial charge < -0.3 is 9.80 Å². The van der Waals surface area contributed by atoms with Gasteiger partial charge in [0.25, 0.3) is 0 Å². The molecule has 7 nitrogen and oxygen atoms in total. The molecule has 2 aliphatic heterocycles. The summed E-state index contributed by atoms with van der Waals surface area (Å²) in [5, 5.41) is 0. The number of carbonyl (C=O) groups is 2. The number of fused-ring (bicyclic) bond motifs is 1. The van der Waals surface area contributed by atoms with Gasteiger partial charge in [-0.05, 0) is 43.2 Å². The lowest BCUT2D eigenvalue weighted by Gasteiger charge is -2.28. The molecule has 2 aromatic rings. The molecular formula is C23H27N3O4S2. The molecule has 2 aromatic carbocycles. The number of amides is 2. The summed E-state index contributed by atoms with van der Waals surface area (Å²) < 4.78 is 27.9. The average Bonchev–Trinajstić information content (AvgIpc) is 2.97. The van der Waals surface area contributed by atoms with Crippen LogP contribution in [0.5, 0.6) is 0 Å². The second-order valence-corrected chi connectivity index (χ2v) is 11.0. The third-order valence-corrected chi connectivity index (χ3v) is 8.82. The van der Waals surface area contributed by atoms with Crippen molar-refractivity contribution in [2.75, 3.05) is 42.2 Å². The molecule has 0 bridgehead atoms. The van der Waals surface area contributed by atoms with Crippen molar-refractivity contribution in [2.24, 2.45) is 0 Å². The molecule has 0 saturated carbocycles. The zero-order chi connectivity index (χ0) is 22.7. The number of thioether (sulfide) groups is 1. The molecule has 0 spiro atoms. The predicted molar refractivity (Wildman–Crippen MR) is 127 cm³/mol. The van der Waals surface area contributed by atoms with Crippen LogP contribution in [0.4, 0.5) is 11.4 Å². The van der Waals surface area contributed by atoms with Crippen LogP contribution in [0.1, 0.15) is 25.7 Å². The molecular weight excluding hydrogens is 446 g/mol. The molecule has 2 heterocycles. The van der Waals surface area contributed by atoms with Crippen LogP contribution in [0.15, 0.2) is 58.3 Å².